The standard InChI is InChI=1S/C16H25NO2/c1-17(2)12-14-7-4-5-10-16(14,18)13-8-6-9-15(11-13)19-3/h6,8-9,11,14,18H,4-5,7,10,12H2,1-3H3/t14-,16+/m0/s1/i12D2. The molecule has 3 heteroatoms. The molecule has 1 aliphatic rings. The van der Waals surface area contributed by atoms with Crippen molar-refractivity contribution in [2.75, 3.05) is 27.7 Å². The first-order valence-corrected chi connectivity index (χ1v) is 6.86. The molecule has 0 aromatic heterocycles. The zero-order chi connectivity index (χ0) is 15.7. The second-order valence-electron chi connectivity index (χ2n) is 5.48. The molecule has 2 rings (SSSR count). The second-order valence-corrected chi connectivity index (χ2v) is 5.48. The molecule has 1 fully saturated rings. The van der Waals surface area contributed by atoms with Crippen LogP contribution in [-0.2, 0) is 5.60 Å². The molecule has 0 saturated heterocycles. The summed E-state index contributed by atoms with van der Waals surface area (Å²) in [5.41, 5.74) is -0.405. The summed E-state index contributed by atoms with van der Waals surface area (Å²) in [5, 5.41) is 11.3. The monoisotopic (exact) mass is 265 g/mol. The largest absolute Gasteiger partial charge is 0.497 e. The molecule has 1 saturated carbocycles. The highest BCUT2D eigenvalue weighted by Crippen LogP contribution is 2.42. The van der Waals surface area contributed by atoms with E-state index in [1.807, 2.05) is 24.3 Å². The van der Waals surface area contributed by atoms with E-state index in [0.717, 1.165) is 18.4 Å². The summed E-state index contributed by atoms with van der Waals surface area (Å²) in [7, 11) is 5.04. The third kappa shape index (κ3) is 3.10. The summed E-state index contributed by atoms with van der Waals surface area (Å²) in [5.74, 6) is 0.233. The Labute approximate surface area is 119 Å². The Balaban J connectivity index is 2.44. The first kappa shape index (κ1) is 11.7. The van der Waals surface area contributed by atoms with Gasteiger partial charge in [-0.2, -0.15) is 0 Å². The smallest absolute Gasteiger partial charge is 0.119 e. The van der Waals surface area contributed by atoms with Crippen molar-refractivity contribution in [1.82, 2.24) is 4.90 Å². The van der Waals surface area contributed by atoms with Crippen LogP contribution in [-0.4, -0.2) is 37.7 Å². The molecule has 1 aliphatic carbocycles. The van der Waals surface area contributed by atoms with Crippen molar-refractivity contribution < 1.29 is 12.6 Å². The number of aliphatic hydroxyl groups is 1. The molecule has 0 bridgehead atoms. The third-order valence-electron chi connectivity index (χ3n) is 3.86. The lowest BCUT2D eigenvalue weighted by atomic mass is 9.71. The zero-order valence-electron chi connectivity index (χ0n) is 14.0. The van der Waals surface area contributed by atoms with Crippen LogP contribution in [0.3, 0.4) is 0 Å². The van der Waals surface area contributed by atoms with Gasteiger partial charge < -0.3 is 14.7 Å². The molecule has 0 amide bonds. The number of hydrogen-bond donors (Lipinski definition) is 1. The van der Waals surface area contributed by atoms with Crippen LogP contribution >= 0.6 is 0 Å². The summed E-state index contributed by atoms with van der Waals surface area (Å²) in [6, 6.07) is 7.38. The van der Waals surface area contributed by atoms with Crippen LogP contribution < -0.4 is 4.74 Å². The average molecular weight is 265 g/mol. The van der Waals surface area contributed by atoms with Crippen molar-refractivity contribution in [2.45, 2.75) is 31.3 Å². The Bertz CT molecular complexity index is 493. The van der Waals surface area contributed by atoms with E-state index in [1.165, 1.54) is 0 Å². The molecule has 0 heterocycles. The fourth-order valence-corrected chi connectivity index (χ4v) is 2.88. The van der Waals surface area contributed by atoms with E-state index in [1.54, 1.807) is 26.1 Å². The van der Waals surface area contributed by atoms with E-state index in [2.05, 4.69) is 0 Å². The number of nitrogens with zero attached hydrogens (tertiary/aromatic N) is 1. The lowest BCUT2D eigenvalue weighted by molar-refractivity contribution is -0.0619. The summed E-state index contributed by atoms with van der Waals surface area (Å²) in [4.78, 5) is 1.56. The van der Waals surface area contributed by atoms with Crippen molar-refractivity contribution in [3.05, 3.63) is 29.8 Å². The minimum absolute atomic E-state index is 0.458. The zero-order valence-corrected chi connectivity index (χ0v) is 12.0. The van der Waals surface area contributed by atoms with E-state index in [-0.39, 0.29) is 0 Å². The number of ether oxygens (including phenoxy) is 1. The van der Waals surface area contributed by atoms with Crippen molar-refractivity contribution >= 4 is 0 Å². The lowest BCUT2D eigenvalue weighted by Gasteiger charge is -2.41. The summed E-state index contributed by atoms with van der Waals surface area (Å²) >= 11 is 0. The van der Waals surface area contributed by atoms with E-state index < -0.39 is 18.0 Å². The van der Waals surface area contributed by atoms with Gasteiger partial charge in [0.2, 0.25) is 0 Å². The van der Waals surface area contributed by atoms with Gasteiger partial charge in [0, 0.05) is 15.2 Å². The molecule has 1 aromatic carbocycles. The number of benzene rings is 1. The first-order chi connectivity index (χ1) is 9.82. The molecular formula is C16H25NO2. The van der Waals surface area contributed by atoms with Gasteiger partial charge in [-0.3, -0.25) is 0 Å². The average Bonchev–Trinajstić information content (AvgIpc) is 2.47. The van der Waals surface area contributed by atoms with Crippen molar-refractivity contribution in [3.63, 3.8) is 0 Å². The van der Waals surface area contributed by atoms with Gasteiger partial charge in [-0.25, -0.2) is 0 Å². The number of hydrogen-bond acceptors (Lipinski definition) is 3. The normalized spacial score (nSPS) is 29.8. The van der Waals surface area contributed by atoms with Crippen LogP contribution in [0.2, 0.25) is 0 Å². The molecule has 0 radical (unpaired) electrons. The summed E-state index contributed by atoms with van der Waals surface area (Å²) < 4.78 is 22.0. The van der Waals surface area contributed by atoms with Crippen LogP contribution in [0.15, 0.2) is 24.3 Å². The highest BCUT2D eigenvalue weighted by molar-refractivity contribution is 5.33. The fourth-order valence-electron chi connectivity index (χ4n) is 2.88. The van der Waals surface area contributed by atoms with Crippen molar-refractivity contribution in [2.24, 2.45) is 5.92 Å². The maximum atomic E-state index is 11.3. The minimum Gasteiger partial charge on any atom is -0.497 e. The van der Waals surface area contributed by atoms with Gasteiger partial charge >= 0.3 is 0 Å². The molecule has 3 nitrogen and oxygen atoms in total. The SMILES string of the molecule is [2H]C([2H])([C@@H]1CCCC[C@@]1(O)c1cccc(OC)c1)N(C)C. The highest BCUT2D eigenvalue weighted by Gasteiger charge is 2.40. The predicted molar refractivity (Wildman–Crippen MR) is 77.4 cm³/mol. The molecule has 0 unspecified atom stereocenters. The molecule has 1 aromatic rings. The Morgan fingerprint density at radius 2 is 2.26 bits per heavy atom. The Kier molecular flexibility index (Phi) is 3.66. The van der Waals surface area contributed by atoms with Crippen LogP contribution in [0.25, 0.3) is 0 Å². The van der Waals surface area contributed by atoms with Gasteiger partial charge in [-0.05, 0) is 44.6 Å². The number of rotatable bonds is 4. The van der Waals surface area contributed by atoms with Gasteiger partial charge in [0.25, 0.3) is 0 Å². The maximum absolute atomic E-state index is 11.3. The Morgan fingerprint density at radius 3 is 2.95 bits per heavy atom. The van der Waals surface area contributed by atoms with Crippen molar-refractivity contribution in [1.29, 1.82) is 0 Å². The molecular weight excluding hydrogens is 238 g/mol. The first-order valence-electron chi connectivity index (χ1n) is 7.86. The predicted octanol–water partition coefficient (Wildman–Crippen LogP) is 2.63. The van der Waals surface area contributed by atoms with Crippen molar-refractivity contribution in [3.8, 4) is 5.75 Å². The second kappa shape index (κ2) is 5.93. The molecule has 0 spiro atoms. The van der Waals surface area contributed by atoms with Crippen LogP contribution in [0, 0.1) is 5.92 Å². The molecule has 2 atom stereocenters. The lowest BCUT2D eigenvalue weighted by Crippen LogP contribution is -2.43. The third-order valence-corrected chi connectivity index (χ3v) is 3.86. The molecule has 19 heavy (non-hydrogen) atoms. The van der Waals surface area contributed by atoms with Crippen LogP contribution in [0.4, 0.5) is 0 Å². The van der Waals surface area contributed by atoms with E-state index in [0.29, 0.717) is 18.6 Å². The van der Waals surface area contributed by atoms with Gasteiger partial charge in [-0.15, -0.1) is 0 Å². The molecule has 1 N–H and O–H groups in total. The molecule has 106 valence electrons. The van der Waals surface area contributed by atoms with E-state index in [9.17, 15) is 5.11 Å². The van der Waals surface area contributed by atoms with E-state index >= 15 is 0 Å². The van der Waals surface area contributed by atoms with Gasteiger partial charge in [0.1, 0.15) is 5.75 Å². The quantitative estimate of drug-likeness (QED) is 0.908. The van der Waals surface area contributed by atoms with Crippen LogP contribution in [0.1, 0.15) is 34.0 Å². The van der Waals surface area contributed by atoms with Gasteiger partial charge in [-0.1, -0.05) is 25.0 Å². The fraction of sp³-hybridized carbons (Fsp3) is 0.625. The topological polar surface area (TPSA) is 32.7 Å². The van der Waals surface area contributed by atoms with E-state index in [4.69, 9.17) is 7.48 Å². The number of methoxy groups -OCH3 is 1. The minimum atomic E-state index is -1.56. The van der Waals surface area contributed by atoms with Gasteiger partial charge in [0.05, 0.1) is 12.7 Å². The Morgan fingerprint density at radius 1 is 1.47 bits per heavy atom. The van der Waals surface area contributed by atoms with Gasteiger partial charge in [0.15, 0.2) is 0 Å². The summed E-state index contributed by atoms with van der Waals surface area (Å²) in [6.45, 7) is -1.56. The Hall–Kier alpha value is -1.06. The maximum Gasteiger partial charge on any atom is 0.119 e. The molecule has 0 aliphatic heterocycles. The van der Waals surface area contributed by atoms with Crippen LogP contribution in [0.5, 0.6) is 5.75 Å². The highest BCUT2D eigenvalue weighted by atomic mass is 16.5. The summed E-state index contributed by atoms with van der Waals surface area (Å²) in [6.07, 6.45) is 3.12.